The summed E-state index contributed by atoms with van der Waals surface area (Å²) in [5.41, 5.74) is 4.37. The molecule has 1 amide bonds. The van der Waals surface area contributed by atoms with Crippen LogP contribution in [0.3, 0.4) is 0 Å². The number of thiophene rings is 1. The maximum Gasteiger partial charge on any atom is 0.281 e. The SMILES string of the molecule is Cc1sc2ncn(NC(=O)[C@@H]3CC=CCC3)c(=O)c2c1-c1ccccc1. The van der Waals surface area contributed by atoms with E-state index in [0.29, 0.717) is 16.6 Å². The van der Waals surface area contributed by atoms with E-state index >= 15 is 0 Å². The first-order chi connectivity index (χ1) is 12.6. The second kappa shape index (κ2) is 6.88. The highest BCUT2D eigenvalue weighted by atomic mass is 32.1. The predicted molar refractivity (Wildman–Crippen MR) is 105 cm³/mol. The first-order valence-electron chi connectivity index (χ1n) is 8.67. The minimum atomic E-state index is -0.238. The first kappa shape index (κ1) is 16.7. The molecule has 0 saturated heterocycles. The summed E-state index contributed by atoms with van der Waals surface area (Å²) in [7, 11) is 0. The Kier molecular flexibility index (Phi) is 4.42. The van der Waals surface area contributed by atoms with E-state index in [1.807, 2.05) is 43.3 Å². The fourth-order valence-corrected chi connectivity index (χ4v) is 4.38. The lowest BCUT2D eigenvalue weighted by molar-refractivity contribution is -0.121. The van der Waals surface area contributed by atoms with E-state index in [4.69, 9.17) is 0 Å². The number of nitrogens with zero attached hydrogens (tertiary/aromatic N) is 2. The Hall–Kier alpha value is -2.73. The number of hydrogen-bond donors (Lipinski definition) is 1. The molecule has 2 aromatic heterocycles. The van der Waals surface area contributed by atoms with Gasteiger partial charge in [0.2, 0.25) is 5.91 Å². The molecule has 0 unspecified atom stereocenters. The summed E-state index contributed by atoms with van der Waals surface area (Å²) >= 11 is 1.50. The maximum absolute atomic E-state index is 13.1. The second-order valence-corrected chi connectivity index (χ2v) is 7.66. The van der Waals surface area contributed by atoms with Crippen molar-refractivity contribution in [3.05, 3.63) is 64.0 Å². The van der Waals surface area contributed by atoms with Crippen molar-refractivity contribution >= 4 is 27.5 Å². The van der Waals surface area contributed by atoms with Gasteiger partial charge in [-0.2, -0.15) is 0 Å². The highest BCUT2D eigenvalue weighted by Crippen LogP contribution is 2.35. The number of fused-ring (bicyclic) bond motifs is 1. The highest BCUT2D eigenvalue weighted by molar-refractivity contribution is 7.19. The van der Waals surface area contributed by atoms with Gasteiger partial charge in [0.25, 0.3) is 5.56 Å². The smallest absolute Gasteiger partial charge is 0.273 e. The fourth-order valence-electron chi connectivity index (χ4n) is 3.38. The lowest BCUT2D eigenvalue weighted by Gasteiger charge is -2.17. The Balaban J connectivity index is 1.76. The molecule has 6 heteroatoms. The van der Waals surface area contributed by atoms with Crippen LogP contribution in [0.2, 0.25) is 0 Å². The van der Waals surface area contributed by atoms with E-state index in [2.05, 4.69) is 16.5 Å². The number of benzene rings is 1. The minimum Gasteiger partial charge on any atom is -0.273 e. The van der Waals surface area contributed by atoms with Crippen LogP contribution in [0.25, 0.3) is 21.3 Å². The molecule has 2 heterocycles. The first-order valence-corrected chi connectivity index (χ1v) is 9.49. The number of nitrogens with one attached hydrogen (secondary N) is 1. The van der Waals surface area contributed by atoms with Crippen molar-refractivity contribution in [2.75, 3.05) is 5.43 Å². The molecule has 1 aliphatic rings. The summed E-state index contributed by atoms with van der Waals surface area (Å²) < 4.78 is 1.22. The van der Waals surface area contributed by atoms with Crippen molar-refractivity contribution in [1.82, 2.24) is 9.66 Å². The molecule has 132 valence electrons. The number of carbonyl (C=O) groups is 1. The third-order valence-electron chi connectivity index (χ3n) is 4.72. The molecule has 0 aliphatic heterocycles. The molecule has 1 aromatic carbocycles. The lowest BCUT2D eigenvalue weighted by atomic mass is 9.94. The molecule has 26 heavy (non-hydrogen) atoms. The average Bonchev–Trinajstić information content (AvgIpc) is 3.02. The number of aromatic nitrogens is 2. The maximum atomic E-state index is 13.1. The molecular formula is C20H19N3O2S. The molecule has 0 bridgehead atoms. The zero-order chi connectivity index (χ0) is 18.1. The predicted octanol–water partition coefficient (Wildman–Crippen LogP) is 3.86. The third-order valence-corrected chi connectivity index (χ3v) is 5.73. The van der Waals surface area contributed by atoms with Gasteiger partial charge in [-0.25, -0.2) is 9.66 Å². The van der Waals surface area contributed by atoms with Crippen molar-refractivity contribution in [2.45, 2.75) is 26.2 Å². The van der Waals surface area contributed by atoms with Crippen LogP contribution in [-0.2, 0) is 4.79 Å². The molecule has 0 radical (unpaired) electrons. The second-order valence-electron chi connectivity index (χ2n) is 6.46. The Bertz CT molecular complexity index is 1050. The van der Waals surface area contributed by atoms with Crippen LogP contribution >= 0.6 is 11.3 Å². The lowest BCUT2D eigenvalue weighted by Crippen LogP contribution is -2.36. The molecule has 4 rings (SSSR count). The van der Waals surface area contributed by atoms with E-state index in [0.717, 1.165) is 28.8 Å². The van der Waals surface area contributed by atoms with Crippen LogP contribution < -0.4 is 11.0 Å². The van der Waals surface area contributed by atoms with Gasteiger partial charge in [-0.1, -0.05) is 42.5 Å². The number of hydrogen-bond acceptors (Lipinski definition) is 4. The number of carbonyl (C=O) groups excluding carboxylic acids is 1. The Morgan fingerprint density at radius 1 is 1.27 bits per heavy atom. The van der Waals surface area contributed by atoms with Crippen LogP contribution in [0.4, 0.5) is 0 Å². The number of allylic oxidation sites excluding steroid dienone is 2. The van der Waals surface area contributed by atoms with Crippen LogP contribution in [0.1, 0.15) is 24.1 Å². The van der Waals surface area contributed by atoms with Crippen LogP contribution in [0, 0.1) is 12.8 Å². The van der Waals surface area contributed by atoms with E-state index in [-0.39, 0.29) is 17.4 Å². The number of rotatable bonds is 3. The summed E-state index contributed by atoms with van der Waals surface area (Å²) in [4.78, 5) is 31.7. The van der Waals surface area contributed by atoms with Crippen molar-refractivity contribution in [1.29, 1.82) is 0 Å². The molecule has 5 nitrogen and oxygen atoms in total. The zero-order valence-electron chi connectivity index (χ0n) is 14.4. The van der Waals surface area contributed by atoms with Gasteiger partial charge >= 0.3 is 0 Å². The molecule has 1 atom stereocenters. The molecule has 0 saturated carbocycles. The van der Waals surface area contributed by atoms with Crippen LogP contribution in [0.15, 0.2) is 53.6 Å². The van der Waals surface area contributed by atoms with Crippen LogP contribution in [0.5, 0.6) is 0 Å². The van der Waals surface area contributed by atoms with E-state index in [1.54, 1.807) is 0 Å². The van der Waals surface area contributed by atoms with Crippen molar-refractivity contribution in [2.24, 2.45) is 5.92 Å². The van der Waals surface area contributed by atoms with Gasteiger partial charge in [0.15, 0.2) is 0 Å². The van der Waals surface area contributed by atoms with Gasteiger partial charge in [-0.05, 0) is 31.7 Å². The van der Waals surface area contributed by atoms with Gasteiger partial charge in [0.05, 0.1) is 5.39 Å². The zero-order valence-corrected chi connectivity index (χ0v) is 15.3. The van der Waals surface area contributed by atoms with E-state index < -0.39 is 0 Å². The number of amides is 1. The van der Waals surface area contributed by atoms with Crippen molar-refractivity contribution in [3.8, 4) is 11.1 Å². The third kappa shape index (κ3) is 2.97. The Labute approximate surface area is 155 Å². The molecule has 1 N–H and O–H groups in total. The molecular weight excluding hydrogens is 346 g/mol. The van der Waals surface area contributed by atoms with Crippen molar-refractivity contribution < 1.29 is 4.79 Å². The summed E-state index contributed by atoms with van der Waals surface area (Å²) in [5, 5.41) is 0.560. The Morgan fingerprint density at radius 3 is 2.81 bits per heavy atom. The Morgan fingerprint density at radius 2 is 2.08 bits per heavy atom. The molecule has 1 aliphatic carbocycles. The highest BCUT2D eigenvalue weighted by Gasteiger charge is 2.21. The minimum absolute atomic E-state index is 0.0969. The standard InChI is InChI=1S/C20H19N3O2S/c1-13-16(14-8-4-2-5-9-14)17-19(26-13)21-12-23(20(17)25)22-18(24)15-10-6-3-7-11-15/h2-6,8-9,12,15H,7,10-11H2,1H3,(H,22,24)/t15-/m1/s1. The molecule has 3 aromatic rings. The average molecular weight is 365 g/mol. The largest absolute Gasteiger partial charge is 0.281 e. The fraction of sp³-hybridized carbons (Fsp3) is 0.250. The summed E-state index contributed by atoms with van der Waals surface area (Å²) in [6.45, 7) is 1.99. The number of aryl methyl sites for hydroxylation is 1. The van der Waals surface area contributed by atoms with Gasteiger partial charge in [-0.15, -0.1) is 11.3 Å². The van der Waals surface area contributed by atoms with Gasteiger partial charge in [0.1, 0.15) is 11.2 Å². The summed E-state index contributed by atoms with van der Waals surface area (Å²) in [6.07, 6.45) is 7.93. The van der Waals surface area contributed by atoms with Gasteiger partial charge < -0.3 is 0 Å². The van der Waals surface area contributed by atoms with Crippen LogP contribution in [-0.4, -0.2) is 15.6 Å². The molecule has 0 spiro atoms. The van der Waals surface area contributed by atoms with E-state index in [9.17, 15) is 9.59 Å². The molecule has 0 fully saturated rings. The van der Waals surface area contributed by atoms with Gasteiger partial charge in [0, 0.05) is 16.4 Å². The topological polar surface area (TPSA) is 64.0 Å². The summed E-state index contributed by atoms with van der Waals surface area (Å²) in [6, 6.07) is 9.82. The monoisotopic (exact) mass is 365 g/mol. The quantitative estimate of drug-likeness (QED) is 0.717. The van der Waals surface area contributed by atoms with Crippen molar-refractivity contribution in [3.63, 3.8) is 0 Å². The normalized spacial score (nSPS) is 16.7. The van der Waals surface area contributed by atoms with E-state index in [1.165, 1.54) is 22.3 Å². The van der Waals surface area contributed by atoms with Gasteiger partial charge in [-0.3, -0.25) is 15.0 Å². The summed E-state index contributed by atoms with van der Waals surface area (Å²) in [5.74, 6) is -0.230.